The molecule has 1 aromatic carbocycles. The molecule has 0 aliphatic carbocycles. The summed E-state index contributed by atoms with van der Waals surface area (Å²) in [6, 6.07) is 8.71. The average molecular weight is 370 g/mol. The number of nitrogens with one attached hydrogen (secondary N) is 1. The maximum Gasteiger partial charge on any atom is 0.343 e. The summed E-state index contributed by atoms with van der Waals surface area (Å²) < 4.78 is 1.13. The van der Waals surface area contributed by atoms with Gasteiger partial charge < -0.3 is 21.2 Å². The summed E-state index contributed by atoms with van der Waals surface area (Å²) in [6.45, 7) is 1.14. The quantitative estimate of drug-likeness (QED) is 0.469. The number of rotatable bonds is 6. The van der Waals surface area contributed by atoms with E-state index in [1.165, 1.54) is 6.92 Å². The van der Waals surface area contributed by atoms with Crippen molar-refractivity contribution in [3.63, 3.8) is 0 Å². The van der Waals surface area contributed by atoms with E-state index < -0.39 is 23.3 Å². The van der Waals surface area contributed by atoms with Gasteiger partial charge in [0.2, 0.25) is 0 Å². The van der Waals surface area contributed by atoms with Gasteiger partial charge in [-0.1, -0.05) is 18.2 Å². The van der Waals surface area contributed by atoms with Gasteiger partial charge in [0.25, 0.3) is 11.8 Å². The summed E-state index contributed by atoms with van der Waals surface area (Å²) in [4.78, 5) is 39.3. The molecular formula is C15H14N8O4. The first kappa shape index (κ1) is 17.7. The smallest absolute Gasteiger partial charge is 0.343 e. The van der Waals surface area contributed by atoms with Crippen LogP contribution in [0.4, 0.5) is 11.6 Å². The van der Waals surface area contributed by atoms with Gasteiger partial charge in [-0.3, -0.25) is 9.59 Å². The van der Waals surface area contributed by atoms with Gasteiger partial charge in [-0.2, -0.15) is 0 Å². The molecule has 138 valence electrons. The number of nitro groups is 1. The lowest BCUT2D eigenvalue weighted by atomic mass is 10.3. The van der Waals surface area contributed by atoms with Crippen LogP contribution < -0.4 is 11.1 Å². The number of aromatic nitrogens is 5. The predicted octanol–water partition coefficient (Wildman–Crippen LogP) is 0.418. The molecule has 27 heavy (non-hydrogen) atoms. The van der Waals surface area contributed by atoms with Gasteiger partial charge >= 0.3 is 5.82 Å². The van der Waals surface area contributed by atoms with Crippen molar-refractivity contribution in [1.29, 1.82) is 0 Å². The van der Waals surface area contributed by atoms with Crippen LogP contribution in [0.25, 0.3) is 5.69 Å². The number of hydrogen-bond acceptors (Lipinski definition) is 7. The number of benzene rings is 1. The Labute approximate surface area is 151 Å². The zero-order valence-corrected chi connectivity index (χ0v) is 14.1. The Balaban J connectivity index is 1.86. The fourth-order valence-electron chi connectivity index (χ4n) is 2.35. The average Bonchev–Trinajstić information content (AvgIpc) is 3.20. The van der Waals surface area contributed by atoms with Crippen molar-refractivity contribution in [3.8, 4) is 5.69 Å². The molecule has 3 rings (SSSR count). The maximum absolute atomic E-state index is 12.3. The number of carbonyl (C=O) groups excluding carboxylic acids is 2. The zero-order valence-electron chi connectivity index (χ0n) is 14.1. The molecule has 2 aromatic heterocycles. The molecule has 2 amide bonds. The number of amides is 2. The normalized spacial score (nSPS) is 10.6. The van der Waals surface area contributed by atoms with Crippen molar-refractivity contribution in [2.75, 3.05) is 5.32 Å². The Kier molecular flexibility index (Phi) is 4.62. The highest BCUT2D eigenvalue weighted by Gasteiger charge is 2.23. The number of hydrogen-bond donors (Lipinski definition) is 2. The summed E-state index contributed by atoms with van der Waals surface area (Å²) in [7, 11) is 0. The minimum atomic E-state index is -0.878. The molecular weight excluding hydrogens is 356 g/mol. The molecule has 0 aliphatic heterocycles. The molecule has 2 heterocycles. The molecule has 12 nitrogen and oxygen atoms in total. The number of nitrogens with two attached hydrogens (primary N) is 1. The van der Waals surface area contributed by atoms with Crippen LogP contribution >= 0.6 is 0 Å². The van der Waals surface area contributed by atoms with Gasteiger partial charge in [0.05, 0.1) is 5.69 Å². The third-order valence-corrected chi connectivity index (χ3v) is 3.61. The number of primary amides is 1. The molecule has 0 bridgehead atoms. The van der Waals surface area contributed by atoms with E-state index in [0.717, 1.165) is 15.6 Å². The third-order valence-electron chi connectivity index (χ3n) is 3.61. The second-order valence-corrected chi connectivity index (χ2v) is 5.44. The maximum atomic E-state index is 12.3. The van der Waals surface area contributed by atoms with E-state index in [0.29, 0.717) is 11.5 Å². The second kappa shape index (κ2) is 7.03. The molecule has 0 spiro atoms. The molecule has 3 aromatic rings. The van der Waals surface area contributed by atoms with E-state index in [1.54, 1.807) is 30.3 Å². The first-order valence-corrected chi connectivity index (χ1v) is 7.65. The summed E-state index contributed by atoms with van der Waals surface area (Å²) in [5.74, 6) is -1.71. The second-order valence-electron chi connectivity index (χ2n) is 5.44. The largest absolute Gasteiger partial charge is 0.364 e. The summed E-state index contributed by atoms with van der Waals surface area (Å²) in [5.41, 5.74) is 5.62. The topological polar surface area (TPSA) is 164 Å². The minimum Gasteiger partial charge on any atom is -0.364 e. The summed E-state index contributed by atoms with van der Waals surface area (Å²) >= 11 is 0. The van der Waals surface area contributed by atoms with E-state index in [2.05, 4.69) is 20.5 Å². The highest BCUT2D eigenvalue weighted by molar-refractivity contribution is 6.00. The van der Waals surface area contributed by atoms with Crippen molar-refractivity contribution >= 4 is 23.5 Å². The van der Waals surface area contributed by atoms with Crippen LogP contribution in [0.3, 0.4) is 0 Å². The molecule has 0 unspecified atom stereocenters. The molecule has 0 saturated carbocycles. The molecule has 0 radical (unpaired) electrons. The van der Waals surface area contributed by atoms with Gasteiger partial charge in [-0.25, -0.2) is 9.55 Å². The highest BCUT2D eigenvalue weighted by Crippen LogP contribution is 2.16. The Morgan fingerprint density at radius 2 is 1.96 bits per heavy atom. The fraction of sp³-hybridized carbons (Fsp3) is 0.133. The highest BCUT2D eigenvalue weighted by atomic mass is 16.6. The van der Waals surface area contributed by atoms with Gasteiger partial charge in [0.15, 0.2) is 23.9 Å². The lowest BCUT2D eigenvalue weighted by Gasteiger charge is -2.03. The van der Waals surface area contributed by atoms with Crippen LogP contribution in [0.1, 0.15) is 16.3 Å². The van der Waals surface area contributed by atoms with Gasteiger partial charge in [-0.05, 0) is 17.1 Å². The lowest BCUT2D eigenvalue weighted by molar-refractivity contribution is -0.392. The minimum absolute atomic E-state index is 0.142. The van der Waals surface area contributed by atoms with Gasteiger partial charge in [0, 0.05) is 6.92 Å². The number of carbonyl (C=O) groups is 2. The Morgan fingerprint density at radius 1 is 1.26 bits per heavy atom. The van der Waals surface area contributed by atoms with E-state index in [1.807, 2.05) is 0 Å². The Morgan fingerprint density at radius 3 is 2.59 bits per heavy atom. The number of imidazole rings is 1. The zero-order chi connectivity index (χ0) is 19.6. The van der Waals surface area contributed by atoms with Crippen molar-refractivity contribution in [3.05, 3.63) is 58.2 Å². The van der Waals surface area contributed by atoms with Gasteiger partial charge in [0.1, 0.15) is 6.20 Å². The van der Waals surface area contributed by atoms with Crippen LogP contribution in [0, 0.1) is 17.0 Å². The van der Waals surface area contributed by atoms with Gasteiger partial charge in [-0.15, -0.1) is 15.0 Å². The van der Waals surface area contributed by atoms with Crippen molar-refractivity contribution in [2.45, 2.75) is 13.5 Å². The van der Waals surface area contributed by atoms with E-state index in [-0.39, 0.29) is 17.3 Å². The molecule has 0 fully saturated rings. The number of para-hydroxylation sites is 1. The van der Waals surface area contributed by atoms with E-state index >= 15 is 0 Å². The number of nitrogens with zero attached hydrogens (tertiary/aromatic N) is 6. The molecule has 0 atom stereocenters. The summed E-state index contributed by atoms with van der Waals surface area (Å²) in [6.07, 6.45) is 1.06. The molecule has 0 aliphatic rings. The van der Waals surface area contributed by atoms with Crippen LogP contribution in [-0.4, -0.2) is 41.3 Å². The van der Waals surface area contributed by atoms with Crippen LogP contribution in [0.5, 0.6) is 0 Å². The monoisotopic (exact) mass is 370 g/mol. The van der Waals surface area contributed by atoms with Crippen molar-refractivity contribution < 1.29 is 14.5 Å². The molecule has 3 N–H and O–H groups in total. The molecule has 0 saturated heterocycles. The fourth-order valence-corrected chi connectivity index (χ4v) is 2.35. The van der Waals surface area contributed by atoms with E-state index in [9.17, 15) is 19.7 Å². The van der Waals surface area contributed by atoms with Crippen LogP contribution in [-0.2, 0) is 11.3 Å². The standard InChI is InChI=1S/C15H14N8O4/c1-9-17-7-12(23(26)27)21(9)8-11(24)18-15-13(14(16)25)19-22(20-15)10-5-3-2-4-6-10/h2-7H,8H2,1H3,(H2,16,25)(H,18,20,24). The predicted molar refractivity (Wildman–Crippen MR) is 92.1 cm³/mol. The van der Waals surface area contributed by atoms with Crippen LogP contribution in [0.15, 0.2) is 36.5 Å². The number of aryl methyl sites for hydroxylation is 1. The van der Waals surface area contributed by atoms with E-state index in [4.69, 9.17) is 5.73 Å². The molecule has 12 heteroatoms. The van der Waals surface area contributed by atoms with Crippen molar-refractivity contribution in [1.82, 2.24) is 24.5 Å². The summed E-state index contributed by atoms with van der Waals surface area (Å²) in [5, 5.41) is 21.5. The third kappa shape index (κ3) is 3.63. The number of anilines is 1. The first-order valence-electron chi connectivity index (χ1n) is 7.65. The Bertz CT molecular complexity index is 1020. The Hall–Kier alpha value is -4.09. The SMILES string of the molecule is Cc1ncc([N+](=O)[O-])n1CC(=O)Nc1nn(-c2ccccc2)nc1C(N)=O. The van der Waals surface area contributed by atoms with Crippen molar-refractivity contribution in [2.24, 2.45) is 5.73 Å². The first-order chi connectivity index (χ1) is 12.9. The lowest BCUT2D eigenvalue weighted by Crippen LogP contribution is -2.23. The van der Waals surface area contributed by atoms with Crippen LogP contribution in [0.2, 0.25) is 0 Å².